The Morgan fingerprint density at radius 3 is 2.26 bits per heavy atom. The summed E-state index contributed by atoms with van der Waals surface area (Å²) in [7, 11) is -3.29. The average molecular weight is 649 g/mol. The Labute approximate surface area is 276 Å². The molecule has 1 atom stereocenters. The average Bonchev–Trinajstić information content (AvgIpc) is 3.73. The summed E-state index contributed by atoms with van der Waals surface area (Å²) in [5, 5.41) is 6.15. The van der Waals surface area contributed by atoms with Gasteiger partial charge in [-0.05, 0) is 92.4 Å². The molecular formula is C38H40N4O4S. The number of nitrogens with one attached hydrogen (secondary N) is 2. The highest BCUT2D eigenvalue weighted by Gasteiger charge is 2.22. The van der Waals surface area contributed by atoms with Crippen molar-refractivity contribution in [3.63, 3.8) is 0 Å². The second kappa shape index (κ2) is 13.5. The van der Waals surface area contributed by atoms with Crippen LogP contribution in [0.3, 0.4) is 0 Å². The fraction of sp³-hybridized carbons (Fsp3) is 0.289. The molecule has 0 radical (unpaired) electrons. The van der Waals surface area contributed by atoms with Gasteiger partial charge in [0.2, 0.25) is 5.91 Å². The molecule has 0 saturated heterocycles. The highest BCUT2D eigenvalue weighted by atomic mass is 32.2. The van der Waals surface area contributed by atoms with Gasteiger partial charge in [-0.1, -0.05) is 61.7 Å². The maximum Gasteiger partial charge on any atom is 0.251 e. The number of fused-ring (bicyclic) bond motifs is 1. The van der Waals surface area contributed by atoms with Crippen LogP contribution >= 0.6 is 0 Å². The number of aryl methyl sites for hydroxylation is 1. The molecule has 1 aliphatic rings. The molecule has 1 fully saturated rings. The third-order valence-electron chi connectivity index (χ3n) is 9.04. The van der Waals surface area contributed by atoms with Gasteiger partial charge in [0.15, 0.2) is 9.84 Å². The first-order valence-corrected chi connectivity index (χ1v) is 17.9. The molecule has 1 aromatic heterocycles. The number of hydrogen-bond acceptors (Lipinski definition) is 5. The van der Waals surface area contributed by atoms with Gasteiger partial charge in [-0.15, -0.1) is 0 Å². The van der Waals surface area contributed by atoms with E-state index in [0.29, 0.717) is 11.3 Å². The van der Waals surface area contributed by atoms with E-state index in [9.17, 15) is 18.0 Å². The van der Waals surface area contributed by atoms with Crippen molar-refractivity contribution >= 4 is 38.4 Å². The van der Waals surface area contributed by atoms with Crippen LogP contribution < -0.4 is 10.6 Å². The molecule has 47 heavy (non-hydrogen) atoms. The summed E-state index contributed by atoms with van der Waals surface area (Å²) in [6.45, 7) is 5.81. The maximum absolute atomic E-state index is 13.2. The molecule has 0 aliphatic heterocycles. The van der Waals surface area contributed by atoms with Crippen LogP contribution in [0.4, 0.5) is 5.69 Å². The number of hydrogen-bond donors (Lipinski definition) is 2. The lowest BCUT2D eigenvalue weighted by atomic mass is 10.0. The van der Waals surface area contributed by atoms with Gasteiger partial charge in [-0.3, -0.25) is 9.59 Å². The summed E-state index contributed by atoms with van der Waals surface area (Å²) in [4.78, 5) is 31.3. The predicted molar refractivity (Wildman–Crippen MR) is 186 cm³/mol. The Hall–Kier alpha value is -4.76. The number of sulfone groups is 1. The minimum absolute atomic E-state index is 0.0303. The summed E-state index contributed by atoms with van der Waals surface area (Å²) >= 11 is 0. The van der Waals surface area contributed by atoms with Gasteiger partial charge >= 0.3 is 0 Å². The second-order valence-corrected chi connectivity index (χ2v) is 14.7. The van der Waals surface area contributed by atoms with E-state index in [-0.39, 0.29) is 41.0 Å². The smallest absolute Gasteiger partial charge is 0.251 e. The van der Waals surface area contributed by atoms with E-state index in [1.54, 1.807) is 31.2 Å². The zero-order chi connectivity index (χ0) is 33.1. The molecule has 1 saturated carbocycles. The van der Waals surface area contributed by atoms with E-state index in [4.69, 9.17) is 4.98 Å². The minimum atomic E-state index is -3.29. The SMILES string of the molecule is CCS(=O)(=O)c1ccc(CC(=O)Nc2ccc(-c3nc4ccc(C(=O)NC5CCCC5)cc4n3[C@H](C)c3ccc(C)cc3)cc2)cc1. The molecule has 1 heterocycles. The molecular weight excluding hydrogens is 609 g/mol. The van der Waals surface area contributed by atoms with Gasteiger partial charge in [-0.2, -0.15) is 0 Å². The summed E-state index contributed by atoms with van der Waals surface area (Å²) in [5.41, 5.74) is 6.85. The lowest BCUT2D eigenvalue weighted by molar-refractivity contribution is -0.115. The molecule has 242 valence electrons. The first kappa shape index (κ1) is 32.2. The number of benzene rings is 4. The number of carbonyl (C=O) groups excluding carboxylic acids is 2. The van der Waals surface area contributed by atoms with Crippen molar-refractivity contribution in [2.24, 2.45) is 0 Å². The Bertz CT molecular complexity index is 2010. The molecule has 1 aliphatic carbocycles. The van der Waals surface area contributed by atoms with Crippen molar-refractivity contribution < 1.29 is 18.0 Å². The normalized spacial score (nSPS) is 14.3. The number of rotatable bonds is 10. The lowest BCUT2D eigenvalue weighted by Crippen LogP contribution is -2.32. The molecule has 5 aromatic rings. The molecule has 2 N–H and O–H groups in total. The highest BCUT2D eigenvalue weighted by Crippen LogP contribution is 2.33. The zero-order valence-corrected chi connectivity index (χ0v) is 27.8. The van der Waals surface area contributed by atoms with Crippen LogP contribution in [0.25, 0.3) is 22.4 Å². The molecule has 0 spiro atoms. The van der Waals surface area contributed by atoms with E-state index < -0.39 is 9.84 Å². The standard InChI is InChI=1S/C38H40N4O4S/c1-4-47(45,46)33-20-11-27(12-21-33)23-36(43)39-32-18-15-29(16-19-32)37-41-34-22-17-30(38(44)40-31-7-5-6-8-31)24-35(34)42(37)26(3)28-13-9-25(2)10-14-28/h9-22,24,26,31H,4-8,23H2,1-3H3,(H,39,43)(H,40,44)/t26-/m1/s1. The van der Waals surface area contributed by atoms with Gasteiger partial charge in [0.05, 0.1) is 34.1 Å². The van der Waals surface area contributed by atoms with Gasteiger partial charge < -0.3 is 15.2 Å². The fourth-order valence-corrected chi connectivity index (χ4v) is 7.12. The number of anilines is 1. The number of nitrogens with zero attached hydrogens (tertiary/aromatic N) is 2. The van der Waals surface area contributed by atoms with Crippen LogP contribution in [0.5, 0.6) is 0 Å². The van der Waals surface area contributed by atoms with Crippen molar-refractivity contribution in [3.05, 3.63) is 113 Å². The summed E-state index contributed by atoms with van der Waals surface area (Å²) in [6.07, 6.45) is 4.47. The number of amides is 2. The van der Waals surface area contributed by atoms with Gasteiger partial charge in [0, 0.05) is 22.9 Å². The third-order valence-corrected chi connectivity index (χ3v) is 10.8. The van der Waals surface area contributed by atoms with Crippen molar-refractivity contribution in [1.29, 1.82) is 0 Å². The summed E-state index contributed by atoms with van der Waals surface area (Å²) in [6, 6.07) is 28.3. The van der Waals surface area contributed by atoms with Gasteiger partial charge in [0.1, 0.15) is 5.82 Å². The van der Waals surface area contributed by atoms with Crippen LogP contribution in [0.15, 0.2) is 95.9 Å². The fourth-order valence-electron chi connectivity index (χ4n) is 6.24. The van der Waals surface area contributed by atoms with Crippen LogP contribution in [0, 0.1) is 6.92 Å². The Morgan fingerprint density at radius 2 is 1.60 bits per heavy atom. The summed E-state index contributed by atoms with van der Waals surface area (Å²) < 4.78 is 26.4. The Balaban J connectivity index is 1.26. The van der Waals surface area contributed by atoms with Crippen LogP contribution in [0.2, 0.25) is 0 Å². The van der Waals surface area contributed by atoms with Crippen molar-refractivity contribution in [1.82, 2.24) is 14.9 Å². The van der Waals surface area contributed by atoms with Crippen LogP contribution in [-0.4, -0.2) is 41.6 Å². The van der Waals surface area contributed by atoms with E-state index in [2.05, 4.69) is 53.3 Å². The highest BCUT2D eigenvalue weighted by molar-refractivity contribution is 7.91. The van der Waals surface area contributed by atoms with E-state index in [0.717, 1.165) is 59.2 Å². The molecule has 8 nitrogen and oxygen atoms in total. The van der Waals surface area contributed by atoms with Crippen molar-refractivity contribution in [2.75, 3.05) is 11.1 Å². The molecule has 9 heteroatoms. The number of carbonyl (C=O) groups is 2. The zero-order valence-electron chi connectivity index (χ0n) is 27.0. The summed E-state index contributed by atoms with van der Waals surface area (Å²) in [5.74, 6) is 0.537. The third kappa shape index (κ3) is 7.15. The first-order valence-electron chi connectivity index (χ1n) is 16.2. The first-order chi connectivity index (χ1) is 22.6. The monoisotopic (exact) mass is 648 g/mol. The van der Waals surface area contributed by atoms with Gasteiger partial charge in [0.25, 0.3) is 5.91 Å². The Morgan fingerprint density at radius 1 is 0.915 bits per heavy atom. The Kier molecular flexibility index (Phi) is 9.27. The molecule has 0 bridgehead atoms. The van der Waals surface area contributed by atoms with Crippen LogP contribution in [0.1, 0.15) is 72.6 Å². The molecule has 0 unspecified atom stereocenters. The topological polar surface area (TPSA) is 110 Å². The molecule has 6 rings (SSSR count). The second-order valence-electron chi connectivity index (χ2n) is 12.4. The largest absolute Gasteiger partial charge is 0.349 e. The molecule has 4 aromatic carbocycles. The maximum atomic E-state index is 13.2. The van der Waals surface area contributed by atoms with E-state index >= 15 is 0 Å². The van der Waals surface area contributed by atoms with Gasteiger partial charge in [-0.25, -0.2) is 13.4 Å². The minimum Gasteiger partial charge on any atom is -0.349 e. The lowest BCUT2D eigenvalue weighted by Gasteiger charge is -2.19. The number of imidazole rings is 1. The van der Waals surface area contributed by atoms with E-state index in [1.165, 1.54) is 5.56 Å². The predicted octanol–water partition coefficient (Wildman–Crippen LogP) is 7.27. The number of aromatic nitrogens is 2. The van der Waals surface area contributed by atoms with Crippen LogP contribution in [-0.2, 0) is 21.1 Å². The quantitative estimate of drug-likeness (QED) is 0.166. The van der Waals surface area contributed by atoms with Crippen molar-refractivity contribution in [3.8, 4) is 11.4 Å². The van der Waals surface area contributed by atoms with E-state index in [1.807, 2.05) is 42.5 Å². The van der Waals surface area contributed by atoms with Crippen molar-refractivity contribution in [2.45, 2.75) is 69.9 Å². The molecule has 2 amide bonds.